The molecular weight excluding hydrogens is 272 g/mol. The number of aryl methyl sites for hydroxylation is 3. The molecule has 0 aliphatic carbocycles. The Balaban J connectivity index is 1.82. The maximum atomic E-state index is 5.00. The van der Waals surface area contributed by atoms with E-state index in [2.05, 4.69) is 30.9 Å². The van der Waals surface area contributed by atoms with Crippen LogP contribution in [0.1, 0.15) is 17.2 Å². The molecule has 3 aromatic rings. The first-order valence-corrected chi connectivity index (χ1v) is 6.35. The minimum Gasteiger partial charge on any atom is -0.360 e. The van der Waals surface area contributed by atoms with E-state index in [1.165, 1.54) is 0 Å². The van der Waals surface area contributed by atoms with Crippen LogP contribution in [0.4, 0.5) is 23.4 Å². The third-order valence-electron chi connectivity index (χ3n) is 2.61. The second-order valence-electron chi connectivity index (χ2n) is 4.61. The van der Waals surface area contributed by atoms with Gasteiger partial charge in [-0.15, -0.1) is 0 Å². The summed E-state index contributed by atoms with van der Waals surface area (Å²) in [7, 11) is 0. The first-order chi connectivity index (χ1) is 10.1. The molecule has 108 valence electrons. The molecule has 0 saturated heterocycles. The first kappa shape index (κ1) is 13.1. The van der Waals surface area contributed by atoms with Gasteiger partial charge in [0, 0.05) is 23.9 Å². The zero-order valence-corrected chi connectivity index (χ0v) is 11.8. The second-order valence-corrected chi connectivity index (χ2v) is 4.61. The van der Waals surface area contributed by atoms with E-state index in [1.54, 1.807) is 12.1 Å². The van der Waals surface area contributed by atoms with E-state index >= 15 is 0 Å². The molecule has 3 aromatic heterocycles. The lowest BCUT2D eigenvalue weighted by Crippen LogP contribution is -2.02. The van der Waals surface area contributed by atoms with Crippen LogP contribution in [0.15, 0.2) is 27.2 Å². The minimum absolute atomic E-state index is 0.422. The average molecular weight is 286 g/mol. The van der Waals surface area contributed by atoms with Gasteiger partial charge in [-0.2, -0.15) is 4.98 Å². The number of anilines is 4. The van der Waals surface area contributed by atoms with Gasteiger partial charge in [-0.05, 0) is 20.8 Å². The molecule has 8 nitrogen and oxygen atoms in total. The van der Waals surface area contributed by atoms with Crippen molar-refractivity contribution >= 4 is 23.4 Å². The third kappa shape index (κ3) is 3.16. The van der Waals surface area contributed by atoms with Crippen molar-refractivity contribution in [1.82, 2.24) is 20.3 Å². The van der Waals surface area contributed by atoms with E-state index in [0.717, 1.165) is 11.5 Å². The van der Waals surface area contributed by atoms with Crippen LogP contribution in [-0.2, 0) is 0 Å². The van der Waals surface area contributed by atoms with Crippen molar-refractivity contribution in [3.05, 3.63) is 35.4 Å². The van der Waals surface area contributed by atoms with Gasteiger partial charge in [-0.25, -0.2) is 4.98 Å². The first-order valence-electron chi connectivity index (χ1n) is 6.35. The highest BCUT2D eigenvalue weighted by Crippen LogP contribution is 2.18. The Morgan fingerprint density at radius 3 is 1.95 bits per heavy atom. The SMILES string of the molecule is Cc1cc(Nc2cc(C)on2)nc(Nc2cc(C)on2)n1. The van der Waals surface area contributed by atoms with E-state index in [1.807, 2.05) is 26.8 Å². The van der Waals surface area contributed by atoms with Gasteiger partial charge in [0.1, 0.15) is 17.3 Å². The fourth-order valence-corrected chi connectivity index (χ4v) is 1.78. The van der Waals surface area contributed by atoms with Gasteiger partial charge in [0.2, 0.25) is 5.95 Å². The Hall–Kier alpha value is -2.90. The maximum absolute atomic E-state index is 5.00. The van der Waals surface area contributed by atoms with Crippen LogP contribution in [0.25, 0.3) is 0 Å². The van der Waals surface area contributed by atoms with E-state index in [4.69, 9.17) is 9.05 Å². The van der Waals surface area contributed by atoms with Crippen molar-refractivity contribution in [2.75, 3.05) is 10.6 Å². The average Bonchev–Trinajstić information content (AvgIpc) is 2.98. The Morgan fingerprint density at radius 2 is 1.38 bits per heavy atom. The summed E-state index contributed by atoms with van der Waals surface area (Å²) in [5.74, 6) is 3.61. The summed E-state index contributed by atoms with van der Waals surface area (Å²) in [6, 6.07) is 5.36. The van der Waals surface area contributed by atoms with E-state index in [9.17, 15) is 0 Å². The van der Waals surface area contributed by atoms with E-state index < -0.39 is 0 Å². The van der Waals surface area contributed by atoms with E-state index in [-0.39, 0.29) is 0 Å². The molecule has 0 amide bonds. The summed E-state index contributed by atoms with van der Waals surface area (Å²) in [5.41, 5.74) is 0.801. The van der Waals surface area contributed by atoms with Gasteiger partial charge in [0.15, 0.2) is 11.6 Å². The Kier molecular flexibility index (Phi) is 3.27. The number of aromatic nitrogens is 4. The van der Waals surface area contributed by atoms with Gasteiger partial charge < -0.3 is 19.7 Å². The standard InChI is InChI=1S/C13H14N6O2/c1-7-4-10(15-11-5-8(2)20-18-11)16-13(14-7)17-12-6-9(3)21-19-12/h4-6H,1-3H3,(H2,14,15,16,17,18,19). The monoisotopic (exact) mass is 286 g/mol. The summed E-state index contributed by atoms with van der Waals surface area (Å²) in [6.45, 7) is 5.51. The minimum atomic E-state index is 0.422. The fraction of sp³-hybridized carbons (Fsp3) is 0.231. The van der Waals surface area contributed by atoms with Crippen molar-refractivity contribution in [2.45, 2.75) is 20.8 Å². The van der Waals surface area contributed by atoms with Crippen LogP contribution in [0.3, 0.4) is 0 Å². The molecule has 0 radical (unpaired) electrons. The maximum Gasteiger partial charge on any atom is 0.230 e. The molecule has 0 bridgehead atoms. The topological polar surface area (TPSA) is 102 Å². The smallest absolute Gasteiger partial charge is 0.230 e. The van der Waals surface area contributed by atoms with Crippen molar-refractivity contribution < 1.29 is 9.05 Å². The Bertz CT molecular complexity index is 703. The highest BCUT2D eigenvalue weighted by atomic mass is 16.5. The van der Waals surface area contributed by atoms with Gasteiger partial charge >= 0.3 is 0 Å². The fourth-order valence-electron chi connectivity index (χ4n) is 1.78. The molecule has 0 atom stereocenters. The highest BCUT2D eigenvalue weighted by Gasteiger charge is 2.07. The summed E-state index contributed by atoms with van der Waals surface area (Å²) in [5, 5.41) is 13.8. The molecule has 3 heterocycles. The molecule has 3 rings (SSSR count). The van der Waals surface area contributed by atoms with Crippen LogP contribution in [0, 0.1) is 20.8 Å². The van der Waals surface area contributed by atoms with Crippen molar-refractivity contribution in [3.8, 4) is 0 Å². The molecule has 0 aromatic carbocycles. The zero-order valence-electron chi connectivity index (χ0n) is 11.8. The van der Waals surface area contributed by atoms with Crippen molar-refractivity contribution in [3.63, 3.8) is 0 Å². The number of rotatable bonds is 4. The Morgan fingerprint density at radius 1 is 0.762 bits per heavy atom. The summed E-state index contributed by atoms with van der Waals surface area (Å²) < 4.78 is 9.99. The number of nitrogens with one attached hydrogen (secondary N) is 2. The highest BCUT2D eigenvalue weighted by molar-refractivity contribution is 5.56. The summed E-state index contributed by atoms with van der Waals surface area (Å²) >= 11 is 0. The lowest BCUT2D eigenvalue weighted by Gasteiger charge is -2.06. The van der Waals surface area contributed by atoms with Crippen LogP contribution in [0.5, 0.6) is 0 Å². The molecular formula is C13H14N6O2. The zero-order chi connectivity index (χ0) is 14.8. The van der Waals surface area contributed by atoms with Crippen LogP contribution in [0.2, 0.25) is 0 Å². The van der Waals surface area contributed by atoms with E-state index in [0.29, 0.717) is 29.2 Å². The lowest BCUT2D eigenvalue weighted by atomic mass is 10.4. The summed E-state index contributed by atoms with van der Waals surface area (Å²) in [4.78, 5) is 8.64. The molecule has 0 aliphatic rings. The van der Waals surface area contributed by atoms with Crippen molar-refractivity contribution in [2.24, 2.45) is 0 Å². The normalized spacial score (nSPS) is 10.6. The third-order valence-corrected chi connectivity index (χ3v) is 2.61. The van der Waals surface area contributed by atoms with Gasteiger partial charge in [-0.3, -0.25) is 0 Å². The molecule has 8 heteroatoms. The van der Waals surface area contributed by atoms with Gasteiger partial charge in [0.25, 0.3) is 0 Å². The predicted octanol–water partition coefficient (Wildman–Crippen LogP) is 2.87. The molecule has 0 aliphatic heterocycles. The summed E-state index contributed by atoms with van der Waals surface area (Å²) in [6.07, 6.45) is 0. The number of hydrogen-bond acceptors (Lipinski definition) is 8. The quantitative estimate of drug-likeness (QED) is 0.754. The largest absolute Gasteiger partial charge is 0.360 e. The van der Waals surface area contributed by atoms with Crippen LogP contribution in [-0.4, -0.2) is 20.3 Å². The molecule has 2 N–H and O–H groups in total. The molecule has 0 saturated carbocycles. The molecule has 0 unspecified atom stereocenters. The van der Waals surface area contributed by atoms with Crippen LogP contribution >= 0.6 is 0 Å². The number of hydrogen-bond donors (Lipinski definition) is 2. The van der Waals surface area contributed by atoms with Gasteiger partial charge in [-0.1, -0.05) is 10.3 Å². The van der Waals surface area contributed by atoms with Crippen molar-refractivity contribution in [1.29, 1.82) is 0 Å². The molecule has 21 heavy (non-hydrogen) atoms. The number of nitrogens with zero attached hydrogens (tertiary/aromatic N) is 4. The molecule has 0 fully saturated rings. The molecule has 0 spiro atoms. The second kappa shape index (κ2) is 5.23. The Labute approximate surface area is 120 Å². The lowest BCUT2D eigenvalue weighted by molar-refractivity contribution is 0.400. The van der Waals surface area contributed by atoms with Crippen LogP contribution < -0.4 is 10.6 Å². The predicted molar refractivity (Wildman–Crippen MR) is 75.8 cm³/mol. The van der Waals surface area contributed by atoms with Gasteiger partial charge in [0.05, 0.1) is 0 Å².